The van der Waals surface area contributed by atoms with Gasteiger partial charge in [-0.25, -0.2) is 17.5 Å². The van der Waals surface area contributed by atoms with Crippen molar-refractivity contribution in [3.05, 3.63) is 53.3 Å². The highest BCUT2D eigenvalue weighted by molar-refractivity contribution is 7.89. The number of ether oxygens (including phenoxy) is 1. The number of carbonyl (C=O) groups is 1. The molecule has 0 atom stereocenters. The van der Waals surface area contributed by atoms with Crippen molar-refractivity contribution in [1.82, 2.24) is 4.72 Å². The van der Waals surface area contributed by atoms with Gasteiger partial charge >= 0.3 is 0 Å². The van der Waals surface area contributed by atoms with Crippen LogP contribution in [0.2, 0.25) is 5.02 Å². The van der Waals surface area contributed by atoms with Gasteiger partial charge in [0.1, 0.15) is 11.6 Å². The van der Waals surface area contributed by atoms with Crippen LogP contribution in [-0.4, -0.2) is 27.0 Å². The molecule has 2 N–H and O–H groups in total. The maximum atomic E-state index is 13.0. The van der Waals surface area contributed by atoms with Crippen LogP contribution in [0.15, 0.2) is 47.4 Å². The van der Waals surface area contributed by atoms with Gasteiger partial charge in [0, 0.05) is 11.7 Å². The number of halogens is 2. The third-order valence-corrected chi connectivity index (χ3v) is 5.06. The lowest BCUT2D eigenvalue weighted by Gasteiger charge is -2.11. The summed E-state index contributed by atoms with van der Waals surface area (Å²) < 4.78 is 44.7. The molecule has 6 nitrogen and oxygen atoms in total. The fourth-order valence-electron chi connectivity index (χ4n) is 2.03. The van der Waals surface area contributed by atoms with Crippen LogP contribution in [0, 0.1) is 5.82 Å². The van der Waals surface area contributed by atoms with Crippen LogP contribution in [0.4, 0.5) is 10.1 Å². The summed E-state index contributed by atoms with van der Waals surface area (Å²) in [6, 6.07) is 9.06. The van der Waals surface area contributed by atoms with Crippen LogP contribution in [0.25, 0.3) is 0 Å². The summed E-state index contributed by atoms with van der Waals surface area (Å²) in [4.78, 5) is 12.0. The Morgan fingerprint density at radius 1 is 1.19 bits per heavy atom. The minimum Gasteiger partial charge on any atom is -0.482 e. The second-order valence-electron chi connectivity index (χ2n) is 5.71. The summed E-state index contributed by atoms with van der Waals surface area (Å²) in [5, 5.41) is 2.63. The fourth-order valence-corrected chi connectivity index (χ4v) is 3.50. The first-order valence-corrected chi connectivity index (χ1v) is 9.53. The van der Waals surface area contributed by atoms with Gasteiger partial charge in [-0.15, -0.1) is 0 Å². The van der Waals surface area contributed by atoms with Gasteiger partial charge in [-0.2, -0.15) is 0 Å². The van der Waals surface area contributed by atoms with Gasteiger partial charge in [0.25, 0.3) is 5.91 Å². The van der Waals surface area contributed by atoms with Gasteiger partial charge in [-0.3, -0.25) is 4.79 Å². The maximum Gasteiger partial charge on any atom is 0.262 e. The number of rotatable bonds is 7. The van der Waals surface area contributed by atoms with E-state index in [1.807, 2.05) is 0 Å². The molecule has 2 rings (SSSR count). The Morgan fingerprint density at radius 3 is 2.42 bits per heavy atom. The Kier molecular flexibility index (Phi) is 6.57. The van der Waals surface area contributed by atoms with E-state index >= 15 is 0 Å². The van der Waals surface area contributed by atoms with Crippen molar-refractivity contribution in [3.63, 3.8) is 0 Å². The largest absolute Gasteiger partial charge is 0.482 e. The first-order valence-electron chi connectivity index (χ1n) is 7.67. The standard InChI is InChI=1S/C17H18ClFN2O4S/c1-11(2)21-26(23,24)14-6-4-13(5-7-14)20-17(22)10-25-16-8-3-12(19)9-15(16)18/h3-9,11,21H,10H2,1-2H3,(H,20,22). The molecule has 1 amide bonds. The molecule has 0 aliphatic carbocycles. The SMILES string of the molecule is CC(C)NS(=O)(=O)c1ccc(NC(=O)COc2ccc(F)cc2Cl)cc1. The van der Waals surface area contributed by atoms with Gasteiger partial charge in [-0.1, -0.05) is 11.6 Å². The van der Waals surface area contributed by atoms with Crippen molar-refractivity contribution in [2.45, 2.75) is 24.8 Å². The summed E-state index contributed by atoms with van der Waals surface area (Å²) in [6.07, 6.45) is 0. The predicted octanol–water partition coefficient (Wildman–Crippen LogP) is 3.18. The minimum absolute atomic E-state index is 0.0602. The number of nitrogens with one attached hydrogen (secondary N) is 2. The number of benzene rings is 2. The molecular weight excluding hydrogens is 383 g/mol. The van der Waals surface area contributed by atoms with E-state index in [-0.39, 0.29) is 28.3 Å². The number of anilines is 1. The topological polar surface area (TPSA) is 84.5 Å². The zero-order chi connectivity index (χ0) is 19.3. The van der Waals surface area contributed by atoms with E-state index in [2.05, 4.69) is 10.0 Å². The van der Waals surface area contributed by atoms with E-state index in [4.69, 9.17) is 16.3 Å². The predicted molar refractivity (Wildman–Crippen MR) is 97.4 cm³/mol. The van der Waals surface area contributed by atoms with Crippen LogP contribution in [0.3, 0.4) is 0 Å². The van der Waals surface area contributed by atoms with Crippen molar-refractivity contribution >= 4 is 33.2 Å². The van der Waals surface area contributed by atoms with Crippen LogP contribution >= 0.6 is 11.6 Å². The van der Waals surface area contributed by atoms with Gasteiger partial charge < -0.3 is 10.1 Å². The molecular formula is C17H18ClFN2O4S. The third kappa shape index (κ3) is 5.69. The quantitative estimate of drug-likeness (QED) is 0.747. The van der Waals surface area contributed by atoms with Crippen LogP contribution in [0.1, 0.15) is 13.8 Å². The molecule has 0 unspecified atom stereocenters. The number of sulfonamides is 1. The van der Waals surface area contributed by atoms with Crippen molar-refractivity contribution in [2.75, 3.05) is 11.9 Å². The Labute approximate surface area is 156 Å². The zero-order valence-electron chi connectivity index (χ0n) is 14.1. The molecule has 0 aliphatic heterocycles. The van der Waals surface area contributed by atoms with E-state index in [0.29, 0.717) is 5.69 Å². The first-order chi connectivity index (χ1) is 12.2. The first kappa shape index (κ1) is 20.2. The van der Waals surface area contributed by atoms with E-state index in [1.54, 1.807) is 13.8 Å². The molecule has 9 heteroatoms. The fraction of sp³-hybridized carbons (Fsp3) is 0.235. The summed E-state index contributed by atoms with van der Waals surface area (Å²) in [5.74, 6) is -0.792. The third-order valence-electron chi connectivity index (χ3n) is 3.09. The Morgan fingerprint density at radius 2 is 1.85 bits per heavy atom. The van der Waals surface area contributed by atoms with Crippen molar-refractivity contribution < 1.29 is 22.3 Å². The zero-order valence-corrected chi connectivity index (χ0v) is 15.7. The Balaban J connectivity index is 1.95. The highest BCUT2D eigenvalue weighted by atomic mass is 35.5. The lowest BCUT2D eigenvalue weighted by Crippen LogP contribution is -2.30. The summed E-state index contributed by atoms with van der Waals surface area (Å²) in [6.45, 7) is 3.11. The number of hydrogen-bond acceptors (Lipinski definition) is 4. The highest BCUT2D eigenvalue weighted by Gasteiger charge is 2.15. The molecule has 0 fully saturated rings. The van der Waals surface area contributed by atoms with E-state index < -0.39 is 21.7 Å². The average Bonchev–Trinajstić information content (AvgIpc) is 2.53. The molecule has 2 aromatic rings. The number of amides is 1. The molecule has 0 saturated carbocycles. The monoisotopic (exact) mass is 400 g/mol. The average molecular weight is 401 g/mol. The molecule has 0 spiro atoms. The summed E-state index contributed by atoms with van der Waals surface area (Å²) in [7, 11) is -3.59. The molecule has 140 valence electrons. The van der Waals surface area contributed by atoms with Gasteiger partial charge in [0.2, 0.25) is 10.0 Å². The van der Waals surface area contributed by atoms with E-state index in [1.165, 1.54) is 36.4 Å². The van der Waals surface area contributed by atoms with Crippen LogP contribution < -0.4 is 14.8 Å². The highest BCUT2D eigenvalue weighted by Crippen LogP contribution is 2.24. The smallest absolute Gasteiger partial charge is 0.262 e. The number of hydrogen-bond donors (Lipinski definition) is 2. The number of carbonyl (C=O) groups excluding carboxylic acids is 1. The lowest BCUT2D eigenvalue weighted by molar-refractivity contribution is -0.118. The second kappa shape index (κ2) is 8.48. The minimum atomic E-state index is -3.59. The van der Waals surface area contributed by atoms with Crippen molar-refractivity contribution in [1.29, 1.82) is 0 Å². The van der Waals surface area contributed by atoms with E-state index in [9.17, 15) is 17.6 Å². The molecule has 0 aliphatic rings. The van der Waals surface area contributed by atoms with Gasteiger partial charge in [0.05, 0.1) is 9.92 Å². The van der Waals surface area contributed by atoms with Gasteiger partial charge in [0.15, 0.2) is 6.61 Å². The molecule has 0 radical (unpaired) electrons. The molecule has 2 aromatic carbocycles. The molecule has 0 saturated heterocycles. The molecule has 26 heavy (non-hydrogen) atoms. The summed E-state index contributed by atoms with van der Waals surface area (Å²) >= 11 is 5.81. The molecule has 0 aromatic heterocycles. The normalized spacial score (nSPS) is 11.4. The second-order valence-corrected chi connectivity index (χ2v) is 7.83. The molecule has 0 heterocycles. The summed E-state index contributed by atoms with van der Waals surface area (Å²) in [5.41, 5.74) is 0.410. The maximum absolute atomic E-state index is 13.0. The Bertz CT molecular complexity index is 886. The lowest BCUT2D eigenvalue weighted by atomic mass is 10.3. The Hall–Kier alpha value is -2.16. The van der Waals surface area contributed by atoms with Crippen molar-refractivity contribution in [2.24, 2.45) is 0 Å². The van der Waals surface area contributed by atoms with Crippen molar-refractivity contribution in [3.8, 4) is 5.75 Å². The van der Waals surface area contributed by atoms with Crippen LogP contribution in [0.5, 0.6) is 5.75 Å². The van der Waals surface area contributed by atoms with E-state index in [0.717, 1.165) is 6.07 Å². The van der Waals surface area contributed by atoms with Crippen LogP contribution in [-0.2, 0) is 14.8 Å². The molecule has 0 bridgehead atoms. The van der Waals surface area contributed by atoms with Gasteiger partial charge in [-0.05, 0) is 56.3 Å².